The van der Waals surface area contributed by atoms with E-state index in [1.165, 1.54) is 12.3 Å². The Balaban J connectivity index is 1.96. The van der Waals surface area contributed by atoms with E-state index in [0.29, 0.717) is 13.1 Å². The highest BCUT2D eigenvalue weighted by atomic mass is 35.5. The molecule has 0 saturated carbocycles. The summed E-state index contributed by atoms with van der Waals surface area (Å²) in [5.74, 6) is 0. The molecule has 0 aromatic carbocycles. The Morgan fingerprint density at radius 1 is 1.50 bits per heavy atom. The molecule has 0 radical (unpaired) electrons. The molecule has 1 aromatic heterocycles. The fourth-order valence-electron chi connectivity index (χ4n) is 1.36. The molecule has 1 N–H and O–H groups in total. The molecule has 0 aliphatic carbocycles. The van der Waals surface area contributed by atoms with Gasteiger partial charge in [0, 0.05) is 32.4 Å². The number of hydrogen-bond donors (Lipinski definition) is 1. The van der Waals surface area contributed by atoms with Crippen molar-refractivity contribution in [2.75, 3.05) is 26.2 Å². The van der Waals surface area contributed by atoms with Crippen molar-refractivity contribution in [1.29, 1.82) is 0 Å². The van der Waals surface area contributed by atoms with Crippen molar-refractivity contribution < 1.29 is 9.53 Å². The van der Waals surface area contributed by atoms with Crippen LogP contribution in [-0.2, 0) is 0 Å². The first-order valence-corrected chi connectivity index (χ1v) is 5.29. The van der Waals surface area contributed by atoms with E-state index in [-0.39, 0.29) is 11.2 Å². The van der Waals surface area contributed by atoms with Crippen molar-refractivity contribution in [3.8, 4) is 6.01 Å². The normalized spacial score (nSPS) is 15.9. The van der Waals surface area contributed by atoms with E-state index in [0.717, 1.165) is 13.1 Å². The van der Waals surface area contributed by atoms with E-state index in [2.05, 4.69) is 15.3 Å². The first-order chi connectivity index (χ1) is 7.75. The van der Waals surface area contributed by atoms with Gasteiger partial charge < -0.3 is 15.0 Å². The monoisotopic (exact) mass is 242 g/mol. The lowest BCUT2D eigenvalue weighted by Crippen LogP contribution is -2.47. The molecule has 7 heteroatoms. The highest BCUT2D eigenvalue weighted by molar-refractivity contribution is 6.29. The molecule has 0 atom stereocenters. The number of piperazine rings is 1. The molecule has 6 nitrogen and oxygen atoms in total. The number of nitrogens with one attached hydrogen (secondary N) is 1. The van der Waals surface area contributed by atoms with Crippen LogP contribution in [0.1, 0.15) is 0 Å². The standard InChI is InChI=1S/C9H11ClN4O2/c10-7-1-2-12-8(13-7)16-9(15)14-5-3-11-4-6-14/h1-2,11H,3-6H2. The van der Waals surface area contributed by atoms with Crippen LogP contribution in [0.25, 0.3) is 0 Å². The van der Waals surface area contributed by atoms with Gasteiger partial charge >= 0.3 is 12.1 Å². The predicted molar refractivity (Wildman–Crippen MR) is 57.5 cm³/mol. The Bertz CT molecular complexity index is 382. The second-order valence-electron chi connectivity index (χ2n) is 3.27. The molecule has 1 fully saturated rings. The summed E-state index contributed by atoms with van der Waals surface area (Å²) in [5, 5.41) is 3.39. The number of amides is 1. The van der Waals surface area contributed by atoms with Crippen molar-refractivity contribution in [3.63, 3.8) is 0 Å². The second kappa shape index (κ2) is 5.09. The minimum Gasteiger partial charge on any atom is -0.374 e. The second-order valence-corrected chi connectivity index (χ2v) is 3.65. The Labute approximate surface area is 97.6 Å². The van der Waals surface area contributed by atoms with Crippen molar-refractivity contribution in [3.05, 3.63) is 17.4 Å². The van der Waals surface area contributed by atoms with Crippen molar-refractivity contribution in [2.24, 2.45) is 0 Å². The summed E-state index contributed by atoms with van der Waals surface area (Å²) in [6.07, 6.45) is 0.999. The number of aromatic nitrogens is 2. The Morgan fingerprint density at radius 3 is 2.94 bits per heavy atom. The lowest BCUT2D eigenvalue weighted by molar-refractivity contribution is 0.142. The topological polar surface area (TPSA) is 67.3 Å². The zero-order valence-electron chi connectivity index (χ0n) is 8.52. The average Bonchev–Trinajstić information content (AvgIpc) is 2.30. The zero-order valence-corrected chi connectivity index (χ0v) is 9.28. The average molecular weight is 243 g/mol. The molecule has 0 bridgehead atoms. The number of hydrogen-bond acceptors (Lipinski definition) is 5. The Kier molecular flexibility index (Phi) is 3.53. The summed E-state index contributed by atoms with van der Waals surface area (Å²) in [6.45, 7) is 2.79. The molecule has 1 aromatic rings. The first kappa shape index (κ1) is 11.1. The van der Waals surface area contributed by atoms with Crippen molar-refractivity contribution in [2.45, 2.75) is 0 Å². The molecular formula is C9H11ClN4O2. The Hall–Kier alpha value is -1.40. The van der Waals surface area contributed by atoms with Crippen molar-refractivity contribution >= 4 is 17.7 Å². The Morgan fingerprint density at radius 2 is 2.25 bits per heavy atom. The molecule has 2 rings (SSSR count). The third-order valence-corrected chi connectivity index (χ3v) is 2.36. The lowest BCUT2D eigenvalue weighted by atomic mass is 10.4. The number of halogens is 1. The van der Waals surface area contributed by atoms with E-state index in [1.54, 1.807) is 4.90 Å². The molecule has 1 saturated heterocycles. The predicted octanol–water partition coefficient (Wildman–Crippen LogP) is 0.534. The van der Waals surface area contributed by atoms with Crippen LogP contribution in [0.5, 0.6) is 6.01 Å². The molecule has 0 unspecified atom stereocenters. The van der Waals surface area contributed by atoms with Crippen LogP contribution in [-0.4, -0.2) is 47.1 Å². The molecule has 86 valence electrons. The summed E-state index contributed by atoms with van der Waals surface area (Å²) in [5.41, 5.74) is 0. The van der Waals surface area contributed by atoms with Gasteiger partial charge in [0.2, 0.25) is 0 Å². The third kappa shape index (κ3) is 2.80. The van der Waals surface area contributed by atoms with Gasteiger partial charge in [-0.3, -0.25) is 0 Å². The van der Waals surface area contributed by atoms with Gasteiger partial charge in [-0.25, -0.2) is 9.78 Å². The molecular weight excluding hydrogens is 232 g/mol. The molecule has 1 amide bonds. The number of rotatable bonds is 1. The highest BCUT2D eigenvalue weighted by Crippen LogP contribution is 2.09. The van der Waals surface area contributed by atoms with E-state index >= 15 is 0 Å². The van der Waals surface area contributed by atoms with E-state index < -0.39 is 6.09 Å². The number of ether oxygens (including phenoxy) is 1. The number of carbonyl (C=O) groups is 1. The van der Waals surface area contributed by atoms with Gasteiger partial charge in [0.1, 0.15) is 5.15 Å². The van der Waals surface area contributed by atoms with Crippen LogP contribution < -0.4 is 10.1 Å². The van der Waals surface area contributed by atoms with Crippen molar-refractivity contribution in [1.82, 2.24) is 20.2 Å². The summed E-state index contributed by atoms with van der Waals surface area (Å²) in [6, 6.07) is 1.50. The molecule has 16 heavy (non-hydrogen) atoms. The number of nitrogens with zero attached hydrogens (tertiary/aromatic N) is 3. The smallest absolute Gasteiger partial charge is 0.374 e. The van der Waals surface area contributed by atoms with Crippen LogP contribution in [0.4, 0.5) is 4.79 Å². The molecule has 1 aliphatic heterocycles. The van der Waals surface area contributed by atoms with Gasteiger partial charge in [0.25, 0.3) is 0 Å². The van der Waals surface area contributed by atoms with Gasteiger partial charge in [-0.1, -0.05) is 11.6 Å². The molecule has 2 heterocycles. The first-order valence-electron chi connectivity index (χ1n) is 4.92. The van der Waals surface area contributed by atoms with Gasteiger partial charge in [-0.05, 0) is 6.07 Å². The van der Waals surface area contributed by atoms with E-state index in [1.807, 2.05) is 0 Å². The van der Waals surface area contributed by atoms with Gasteiger partial charge in [-0.15, -0.1) is 0 Å². The fourth-order valence-corrected chi connectivity index (χ4v) is 1.49. The van der Waals surface area contributed by atoms with Crippen LogP contribution >= 0.6 is 11.6 Å². The summed E-state index contributed by atoms with van der Waals surface area (Å²) in [4.78, 5) is 20.8. The van der Waals surface area contributed by atoms with Crippen LogP contribution in [0, 0.1) is 0 Å². The zero-order chi connectivity index (χ0) is 11.4. The summed E-state index contributed by atoms with van der Waals surface area (Å²) in [7, 11) is 0. The highest BCUT2D eigenvalue weighted by Gasteiger charge is 2.18. The van der Waals surface area contributed by atoms with Gasteiger partial charge in [0.15, 0.2) is 0 Å². The maximum Gasteiger partial charge on any atom is 0.417 e. The fraction of sp³-hybridized carbons (Fsp3) is 0.444. The van der Waals surface area contributed by atoms with E-state index in [9.17, 15) is 4.79 Å². The SMILES string of the molecule is O=C(Oc1nccc(Cl)n1)N1CCNCC1. The van der Waals surface area contributed by atoms with E-state index in [4.69, 9.17) is 16.3 Å². The summed E-state index contributed by atoms with van der Waals surface area (Å²) >= 11 is 5.65. The van der Waals surface area contributed by atoms with Crippen LogP contribution in [0.3, 0.4) is 0 Å². The molecule has 1 aliphatic rings. The maximum absolute atomic E-state index is 11.6. The quantitative estimate of drug-likeness (QED) is 0.728. The maximum atomic E-state index is 11.6. The van der Waals surface area contributed by atoms with Gasteiger partial charge in [-0.2, -0.15) is 4.98 Å². The largest absolute Gasteiger partial charge is 0.417 e. The summed E-state index contributed by atoms with van der Waals surface area (Å²) < 4.78 is 4.99. The third-order valence-electron chi connectivity index (χ3n) is 2.15. The lowest BCUT2D eigenvalue weighted by Gasteiger charge is -2.25. The minimum atomic E-state index is -0.441. The van der Waals surface area contributed by atoms with Crippen LogP contribution in [0.15, 0.2) is 12.3 Å². The molecule has 0 spiro atoms. The van der Waals surface area contributed by atoms with Gasteiger partial charge in [0.05, 0.1) is 0 Å². The minimum absolute atomic E-state index is 0.0176. The number of carbonyl (C=O) groups excluding carboxylic acids is 1. The van der Waals surface area contributed by atoms with Crippen LogP contribution in [0.2, 0.25) is 5.15 Å².